The number of rotatable bonds is 3. The largest absolute Gasteiger partial charge is 0.357 e. The lowest BCUT2D eigenvalue weighted by molar-refractivity contribution is 0.601. The maximum atomic E-state index is 6.08. The summed E-state index contributed by atoms with van der Waals surface area (Å²) in [5, 5.41) is 7.05. The van der Waals surface area contributed by atoms with Crippen molar-refractivity contribution in [3.63, 3.8) is 0 Å². The van der Waals surface area contributed by atoms with Gasteiger partial charge >= 0.3 is 0 Å². The summed E-state index contributed by atoms with van der Waals surface area (Å²) >= 11 is 19.4. The quantitative estimate of drug-likeness (QED) is 0.821. The maximum Gasteiger partial charge on any atom is 0.150 e. The van der Waals surface area contributed by atoms with E-state index in [-0.39, 0.29) is 10.7 Å². The lowest BCUT2D eigenvalue weighted by Gasteiger charge is -2.25. The standard InChI is InChI=1S/C11H10Cl3N3S/c1-11(2,10-15-3-4-18-10)17-9-7(13)5-6(12)8(14)16-9/h3-5H,1-2H3,(H,16,17). The van der Waals surface area contributed by atoms with Crippen LogP contribution >= 0.6 is 46.1 Å². The van der Waals surface area contributed by atoms with E-state index in [0.717, 1.165) is 5.01 Å². The molecular formula is C11H10Cl3N3S. The summed E-state index contributed by atoms with van der Waals surface area (Å²) in [4.78, 5) is 8.41. The molecule has 0 aromatic carbocycles. The summed E-state index contributed by atoms with van der Waals surface area (Å²) in [6.07, 6.45) is 1.76. The van der Waals surface area contributed by atoms with Crippen molar-refractivity contribution in [1.29, 1.82) is 0 Å². The Hall–Kier alpha value is -0.550. The molecule has 0 unspecified atom stereocenters. The third-order valence-electron chi connectivity index (χ3n) is 2.28. The van der Waals surface area contributed by atoms with Crippen molar-refractivity contribution in [3.8, 4) is 0 Å². The van der Waals surface area contributed by atoms with Crippen molar-refractivity contribution in [2.45, 2.75) is 19.4 Å². The van der Waals surface area contributed by atoms with Crippen molar-refractivity contribution in [2.75, 3.05) is 5.32 Å². The summed E-state index contributed by atoms with van der Waals surface area (Å²) in [5.41, 5.74) is -0.387. The van der Waals surface area contributed by atoms with Gasteiger partial charge in [0.1, 0.15) is 16.0 Å². The Morgan fingerprint density at radius 2 is 1.94 bits per heavy atom. The molecule has 7 heteroatoms. The molecule has 2 rings (SSSR count). The Balaban J connectivity index is 2.32. The fourth-order valence-electron chi connectivity index (χ4n) is 1.41. The van der Waals surface area contributed by atoms with Crippen molar-refractivity contribution in [1.82, 2.24) is 9.97 Å². The van der Waals surface area contributed by atoms with E-state index in [9.17, 15) is 0 Å². The van der Waals surface area contributed by atoms with Crippen LogP contribution in [0, 0.1) is 0 Å². The van der Waals surface area contributed by atoms with Crippen LogP contribution in [0.1, 0.15) is 18.9 Å². The highest BCUT2D eigenvalue weighted by Crippen LogP contribution is 2.33. The first kappa shape index (κ1) is 13.9. The minimum Gasteiger partial charge on any atom is -0.357 e. The van der Waals surface area contributed by atoms with Gasteiger partial charge in [-0.3, -0.25) is 0 Å². The predicted molar refractivity (Wildman–Crippen MR) is 78.0 cm³/mol. The molecule has 0 aliphatic rings. The third kappa shape index (κ3) is 2.88. The molecule has 0 spiro atoms. The van der Waals surface area contributed by atoms with Crippen LogP contribution in [0.25, 0.3) is 0 Å². The van der Waals surface area contributed by atoms with Crippen LogP contribution in [-0.2, 0) is 5.54 Å². The number of halogens is 3. The molecule has 2 aromatic rings. The first-order chi connectivity index (χ1) is 8.40. The Morgan fingerprint density at radius 3 is 2.56 bits per heavy atom. The molecule has 2 heterocycles. The molecule has 0 radical (unpaired) electrons. The normalized spacial score (nSPS) is 11.6. The predicted octanol–water partition coefficient (Wildman–Crippen LogP) is 4.85. The minimum atomic E-state index is -0.387. The van der Waals surface area contributed by atoms with E-state index in [1.54, 1.807) is 23.6 Å². The van der Waals surface area contributed by atoms with Crippen LogP contribution in [0.4, 0.5) is 5.82 Å². The van der Waals surface area contributed by atoms with Gasteiger partial charge in [-0.1, -0.05) is 34.8 Å². The monoisotopic (exact) mass is 321 g/mol. The van der Waals surface area contributed by atoms with Gasteiger partial charge in [-0.2, -0.15) is 0 Å². The topological polar surface area (TPSA) is 37.8 Å². The number of nitrogens with one attached hydrogen (secondary N) is 1. The summed E-state index contributed by atoms with van der Waals surface area (Å²) < 4.78 is 0. The second-order valence-electron chi connectivity index (χ2n) is 4.18. The molecule has 0 amide bonds. The highest BCUT2D eigenvalue weighted by Gasteiger charge is 2.25. The molecule has 0 fully saturated rings. The van der Waals surface area contributed by atoms with Gasteiger partial charge in [-0.15, -0.1) is 11.3 Å². The fraction of sp³-hybridized carbons (Fsp3) is 0.273. The van der Waals surface area contributed by atoms with Crippen LogP contribution in [0.15, 0.2) is 17.6 Å². The third-order valence-corrected chi connectivity index (χ3v) is 4.34. The summed E-state index contributed by atoms with van der Waals surface area (Å²) in [6.45, 7) is 3.98. The summed E-state index contributed by atoms with van der Waals surface area (Å²) in [5.74, 6) is 0.492. The number of anilines is 1. The van der Waals surface area contributed by atoms with Crippen molar-refractivity contribution >= 4 is 52.0 Å². The minimum absolute atomic E-state index is 0.221. The summed E-state index contributed by atoms with van der Waals surface area (Å²) in [6, 6.07) is 1.57. The second-order valence-corrected chi connectivity index (χ2v) is 6.25. The van der Waals surface area contributed by atoms with E-state index in [1.165, 1.54) is 0 Å². The molecule has 3 nitrogen and oxygen atoms in total. The molecule has 0 bridgehead atoms. The molecule has 0 atom stereocenters. The van der Waals surface area contributed by atoms with Gasteiger partial charge < -0.3 is 5.32 Å². The molecule has 0 saturated carbocycles. The Morgan fingerprint density at radius 1 is 1.22 bits per heavy atom. The van der Waals surface area contributed by atoms with Crippen molar-refractivity contribution in [3.05, 3.63) is 37.8 Å². The van der Waals surface area contributed by atoms with E-state index in [0.29, 0.717) is 15.9 Å². The fourth-order valence-corrected chi connectivity index (χ4v) is 2.68. The maximum absolute atomic E-state index is 6.08. The van der Waals surface area contributed by atoms with E-state index in [1.807, 2.05) is 19.2 Å². The molecule has 18 heavy (non-hydrogen) atoms. The Labute approximate surface area is 124 Å². The van der Waals surface area contributed by atoms with Gasteiger partial charge in [0.05, 0.1) is 15.6 Å². The van der Waals surface area contributed by atoms with Gasteiger partial charge in [-0.05, 0) is 19.9 Å². The van der Waals surface area contributed by atoms with Gasteiger partial charge in [0, 0.05) is 11.6 Å². The average molecular weight is 323 g/mol. The van der Waals surface area contributed by atoms with Gasteiger partial charge in [-0.25, -0.2) is 9.97 Å². The Bertz CT molecular complexity index is 555. The molecule has 0 aliphatic carbocycles. The number of aromatic nitrogens is 2. The average Bonchev–Trinajstić information content (AvgIpc) is 2.79. The Kier molecular flexibility index (Phi) is 4.02. The molecular weight excluding hydrogens is 313 g/mol. The highest BCUT2D eigenvalue weighted by atomic mass is 35.5. The van der Waals surface area contributed by atoms with Crippen LogP contribution in [0.5, 0.6) is 0 Å². The number of pyridine rings is 1. The number of hydrogen-bond acceptors (Lipinski definition) is 4. The smallest absolute Gasteiger partial charge is 0.150 e. The van der Waals surface area contributed by atoms with Crippen LogP contribution in [-0.4, -0.2) is 9.97 Å². The SMILES string of the molecule is CC(C)(Nc1nc(Cl)c(Cl)cc1Cl)c1nccs1. The van der Waals surface area contributed by atoms with Gasteiger partial charge in [0.2, 0.25) is 0 Å². The molecule has 96 valence electrons. The van der Waals surface area contributed by atoms with E-state index < -0.39 is 0 Å². The number of hydrogen-bond donors (Lipinski definition) is 1. The van der Waals surface area contributed by atoms with Crippen molar-refractivity contribution < 1.29 is 0 Å². The summed E-state index contributed by atoms with van der Waals surface area (Å²) in [7, 11) is 0. The zero-order chi connectivity index (χ0) is 13.3. The lowest BCUT2D eigenvalue weighted by Crippen LogP contribution is -2.28. The first-order valence-electron chi connectivity index (χ1n) is 5.10. The van der Waals surface area contributed by atoms with Crippen molar-refractivity contribution in [2.24, 2.45) is 0 Å². The molecule has 2 aromatic heterocycles. The van der Waals surface area contributed by atoms with Crippen LogP contribution in [0.2, 0.25) is 15.2 Å². The second kappa shape index (κ2) is 5.21. The van der Waals surface area contributed by atoms with Gasteiger partial charge in [0.25, 0.3) is 0 Å². The molecule has 1 N–H and O–H groups in total. The van der Waals surface area contributed by atoms with Crippen LogP contribution < -0.4 is 5.32 Å². The van der Waals surface area contributed by atoms with Gasteiger partial charge in [0.15, 0.2) is 0 Å². The number of thiazole rings is 1. The zero-order valence-electron chi connectivity index (χ0n) is 9.67. The van der Waals surface area contributed by atoms with E-state index in [2.05, 4.69) is 15.3 Å². The lowest BCUT2D eigenvalue weighted by atomic mass is 10.1. The van der Waals surface area contributed by atoms with E-state index in [4.69, 9.17) is 34.8 Å². The number of nitrogens with zero attached hydrogens (tertiary/aromatic N) is 2. The van der Waals surface area contributed by atoms with Crippen LogP contribution in [0.3, 0.4) is 0 Å². The highest BCUT2D eigenvalue weighted by molar-refractivity contribution is 7.09. The molecule has 0 saturated heterocycles. The molecule has 0 aliphatic heterocycles. The van der Waals surface area contributed by atoms with E-state index >= 15 is 0 Å². The first-order valence-corrected chi connectivity index (χ1v) is 7.11. The zero-order valence-corrected chi connectivity index (χ0v) is 12.8.